The van der Waals surface area contributed by atoms with E-state index in [0.717, 1.165) is 19.3 Å². The molecule has 1 aliphatic carbocycles. The monoisotopic (exact) mass is 263 g/mol. The SMILES string of the molecule is N#Cc1ccc(NC(=O)c2ccc3c(c2)CCC3)nc1. The number of carbonyl (C=O) groups is 1. The molecule has 1 N–H and O–H groups in total. The number of rotatable bonds is 2. The van der Waals surface area contributed by atoms with Crippen molar-refractivity contribution in [1.82, 2.24) is 4.98 Å². The Hall–Kier alpha value is -2.67. The van der Waals surface area contributed by atoms with E-state index in [0.29, 0.717) is 16.9 Å². The molecule has 4 nitrogen and oxygen atoms in total. The molecular formula is C16H13N3O. The minimum atomic E-state index is -0.170. The summed E-state index contributed by atoms with van der Waals surface area (Å²) < 4.78 is 0. The van der Waals surface area contributed by atoms with Crippen molar-refractivity contribution in [2.24, 2.45) is 0 Å². The van der Waals surface area contributed by atoms with Crippen LogP contribution in [0, 0.1) is 11.3 Å². The Kier molecular flexibility index (Phi) is 3.18. The lowest BCUT2D eigenvalue weighted by Gasteiger charge is -2.06. The highest BCUT2D eigenvalue weighted by Gasteiger charge is 2.14. The average molecular weight is 263 g/mol. The Balaban J connectivity index is 1.77. The maximum absolute atomic E-state index is 12.2. The molecule has 0 atom stereocenters. The number of carbonyl (C=O) groups excluding carboxylic acids is 1. The van der Waals surface area contributed by atoms with Crippen molar-refractivity contribution in [3.63, 3.8) is 0 Å². The van der Waals surface area contributed by atoms with Crippen molar-refractivity contribution >= 4 is 11.7 Å². The molecule has 0 fully saturated rings. The van der Waals surface area contributed by atoms with Gasteiger partial charge in [0.2, 0.25) is 0 Å². The summed E-state index contributed by atoms with van der Waals surface area (Å²) in [4.78, 5) is 16.2. The Labute approximate surface area is 117 Å². The molecule has 0 unspecified atom stereocenters. The highest BCUT2D eigenvalue weighted by molar-refractivity contribution is 6.03. The molecular weight excluding hydrogens is 250 g/mol. The first kappa shape index (κ1) is 12.4. The quantitative estimate of drug-likeness (QED) is 0.905. The molecule has 98 valence electrons. The smallest absolute Gasteiger partial charge is 0.256 e. The second-order valence-corrected chi connectivity index (χ2v) is 4.84. The number of aryl methyl sites for hydroxylation is 2. The first-order chi connectivity index (χ1) is 9.76. The molecule has 0 saturated heterocycles. The second-order valence-electron chi connectivity index (χ2n) is 4.84. The average Bonchev–Trinajstić information content (AvgIpc) is 2.95. The van der Waals surface area contributed by atoms with E-state index in [9.17, 15) is 4.79 Å². The van der Waals surface area contributed by atoms with E-state index in [1.165, 1.54) is 17.3 Å². The number of pyridine rings is 1. The molecule has 1 aromatic carbocycles. The number of fused-ring (bicyclic) bond motifs is 1. The molecule has 4 heteroatoms. The third kappa shape index (κ3) is 2.39. The van der Waals surface area contributed by atoms with Crippen LogP contribution in [0.1, 0.15) is 33.5 Å². The summed E-state index contributed by atoms with van der Waals surface area (Å²) in [5.41, 5.74) is 3.74. The first-order valence-corrected chi connectivity index (χ1v) is 6.55. The van der Waals surface area contributed by atoms with Gasteiger partial charge in [0.1, 0.15) is 11.9 Å². The summed E-state index contributed by atoms with van der Waals surface area (Å²) in [5.74, 6) is 0.284. The summed E-state index contributed by atoms with van der Waals surface area (Å²) in [7, 11) is 0. The van der Waals surface area contributed by atoms with Crippen LogP contribution < -0.4 is 5.32 Å². The van der Waals surface area contributed by atoms with Gasteiger partial charge in [-0.05, 0) is 54.7 Å². The summed E-state index contributed by atoms with van der Waals surface area (Å²) in [5, 5.41) is 11.4. The summed E-state index contributed by atoms with van der Waals surface area (Å²) in [6, 6.07) is 11.1. The van der Waals surface area contributed by atoms with Crippen LogP contribution in [-0.4, -0.2) is 10.9 Å². The molecule has 1 aliphatic rings. The number of amides is 1. The number of anilines is 1. The molecule has 1 aromatic heterocycles. The minimum Gasteiger partial charge on any atom is -0.307 e. The van der Waals surface area contributed by atoms with Crippen molar-refractivity contribution in [3.8, 4) is 6.07 Å². The van der Waals surface area contributed by atoms with Crippen LogP contribution in [0.4, 0.5) is 5.82 Å². The highest BCUT2D eigenvalue weighted by atomic mass is 16.1. The summed E-state index contributed by atoms with van der Waals surface area (Å²) in [6.45, 7) is 0. The van der Waals surface area contributed by atoms with E-state index in [1.54, 1.807) is 12.1 Å². The van der Waals surface area contributed by atoms with Gasteiger partial charge >= 0.3 is 0 Å². The van der Waals surface area contributed by atoms with Gasteiger partial charge in [-0.15, -0.1) is 0 Å². The standard InChI is InChI=1S/C16H13N3O/c17-9-11-4-7-15(18-10-11)19-16(20)14-6-5-12-2-1-3-13(12)8-14/h4-8,10H,1-3H2,(H,18,19,20). The van der Waals surface area contributed by atoms with Crippen molar-refractivity contribution in [2.75, 3.05) is 5.32 Å². The lowest BCUT2D eigenvalue weighted by molar-refractivity contribution is 0.102. The highest BCUT2D eigenvalue weighted by Crippen LogP contribution is 2.23. The van der Waals surface area contributed by atoms with Crippen LogP contribution >= 0.6 is 0 Å². The van der Waals surface area contributed by atoms with Crippen LogP contribution in [0.5, 0.6) is 0 Å². The van der Waals surface area contributed by atoms with Crippen molar-refractivity contribution < 1.29 is 4.79 Å². The normalized spacial score (nSPS) is 12.6. The van der Waals surface area contributed by atoms with Gasteiger partial charge in [-0.3, -0.25) is 4.79 Å². The fourth-order valence-electron chi connectivity index (χ4n) is 2.44. The molecule has 3 rings (SSSR count). The van der Waals surface area contributed by atoms with Gasteiger partial charge in [0.05, 0.1) is 5.56 Å². The van der Waals surface area contributed by atoms with Gasteiger partial charge in [-0.25, -0.2) is 4.98 Å². The first-order valence-electron chi connectivity index (χ1n) is 6.55. The molecule has 20 heavy (non-hydrogen) atoms. The van der Waals surface area contributed by atoms with Crippen molar-refractivity contribution in [2.45, 2.75) is 19.3 Å². The molecule has 1 amide bonds. The zero-order valence-electron chi connectivity index (χ0n) is 10.9. The van der Waals surface area contributed by atoms with E-state index in [1.807, 2.05) is 24.3 Å². The topological polar surface area (TPSA) is 65.8 Å². The number of nitriles is 1. The van der Waals surface area contributed by atoms with Gasteiger partial charge in [0, 0.05) is 11.8 Å². The van der Waals surface area contributed by atoms with Crippen LogP contribution in [0.2, 0.25) is 0 Å². The number of benzene rings is 1. The van der Waals surface area contributed by atoms with E-state index in [4.69, 9.17) is 5.26 Å². The van der Waals surface area contributed by atoms with Gasteiger partial charge in [-0.1, -0.05) is 6.07 Å². The van der Waals surface area contributed by atoms with E-state index >= 15 is 0 Å². The Morgan fingerprint density at radius 2 is 2.05 bits per heavy atom. The minimum absolute atomic E-state index is 0.170. The van der Waals surface area contributed by atoms with Crippen molar-refractivity contribution in [1.29, 1.82) is 5.26 Å². The fourth-order valence-corrected chi connectivity index (χ4v) is 2.44. The second kappa shape index (κ2) is 5.14. The molecule has 0 bridgehead atoms. The molecule has 0 spiro atoms. The van der Waals surface area contributed by atoms with Crippen LogP contribution in [0.3, 0.4) is 0 Å². The zero-order valence-corrected chi connectivity index (χ0v) is 10.9. The molecule has 0 aliphatic heterocycles. The van der Waals surface area contributed by atoms with E-state index in [-0.39, 0.29) is 5.91 Å². The van der Waals surface area contributed by atoms with Gasteiger partial charge in [0.15, 0.2) is 0 Å². The van der Waals surface area contributed by atoms with E-state index < -0.39 is 0 Å². The predicted octanol–water partition coefficient (Wildman–Crippen LogP) is 2.69. The molecule has 2 aromatic rings. The molecule has 1 heterocycles. The molecule has 0 radical (unpaired) electrons. The number of nitrogens with one attached hydrogen (secondary N) is 1. The Morgan fingerprint density at radius 3 is 2.80 bits per heavy atom. The predicted molar refractivity (Wildman–Crippen MR) is 75.4 cm³/mol. The van der Waals surface area contributed by atoms with Crippen molar-refractivity contribution in [3.05, 3.63) is 58.8 Å². The van der Waals surface area contributed by atoms with Gasteiger partial charge < -0.3 is 5.32 Å². The Morgan fingerprint density at radius 1 is 1.20 bits per heavy atom. The summed E-state index contributed by atoms with van der Waals surface area (Å²) >= 11 is 0. The number of hydrogen-bond acceptors (Lipinski definition) is 3. The maximum Gasteiger partial charge on any atom is 0.256 e. The number of aromatic nitrogens is 1. The van der Waals surface area contributed by atoms with Gasteiger partial charge in [-0.2, -0.15) is 5.26 Å². The summed E-state index contributed by atoms with van der Waals surface area (Å²) in [6.07, 6.45) is 4.76. The van der Waals surface area contributed by atoms with Crippen LogP contribution in [-0.2, 0) is 12.8 Å². The maximum atomic E-state index is 12.2. The lowest BCUT2D eigenvalue weighted by Crippen LogP contribution is -2.13. The van der Waals surface area contributed by atoms with Crippen LogP contribution in [0.25, 0.3) is 0 Å². The third-order valence-electron chi connectivity index (χ3n) is 3.49. The van der Waals surface area contributed by atoms with E-state index in [2.05, 4.69) is 10.3 Å². The largest absolute Gasteiger partial charge is 0.307 e. The number of nitrogens with zero attached hydrogens (tertiary/aromatic N) is 2. The molecule has 0 saturated carbocycles. The zero-order chi connectivity index (χ0) is 13.9. The van der Waals surface area contributed by atoms with Gasteiger partial charge in [0.25, 0.3) is 5.91 Å². The lowest BCUT2D eigenvalue weighted by atomic mass is 10.1. The fraction of sp³-hybridized carbons (Fsp3) is 0.188. The Bertz CT molecular complexity index is 699. The van der Waals surface area contributed by atoms with Crippen LogP contribution in [0.15, 0.2) is 36.5 Å². The number of hydrogen-bond donors (Lipinski definition) is 1. The third-order valence-corrected chi connectivity index (χ3v) is 3.49.